The van der Waals surface area contributed by atoms with Crippen LogP contribution in [0.25, 0.3) is 0 Å². The summed E-state index contributed by atoms with van der Waals surface area (Å²) in [4.78, 5) is 28.6. The standard InChI is InChI=1S/C22H23FN2O2/c1-24(13-17-5-2-3-8-20(17)23)22(27)18-12-21(26)25(14-18)19-10-9-15-6-4-7-16(15)11-19/h2-3,5,8-11,18H,4,6-7,12-14H2,1H3. The molecule has 0 radical (unpaired) electrons. The van der Waals surface area contributed by atoms with Crippen molar-refractivity contribution in [3.05, 3.63) is 65.0 Å². The molecule has 0 spiro atoms. The quantitative estimate of drug-likeness (QED) is 0.833. The largest absolute Gasteiger partial charge is 0.341 e. The second kappa shape index (κ2) is 7.14. The summed E-state index contributed by atoms with van der Waals surface area (Å²) in [5, 5.41) is 0. The van der Waals surface area contributed by atoms with E-state index in [2.05, 4.69) is 12.1 Å². The SMILES string of the molecule is CN(Cc1ccccc1F)C(=O)C1CC(=O)N(c2ccc3c(c2)CCC3)C1. The Morgan fingerprint density at radius 1 is 1.19 bits per heavy atom. The van der Waals surface area contributed by atoms with Crippen molar-refractivity contribution in [2.45, 2.75) is 32.2 Å². The van der Waals surface area contributed by atoms with E-state index in [4.69, 9.17) is 0 Å². The number of carbonyl (C=O) groups excluding carboxylic acids is 2. The number of amides is 2. The summed E-state index contributed by atoms with van der Waals surface area (Å²) in [6, 6.07) is 12.6. The lowest BCUT2D eigenvalue weighted by Crippen LogP contribution is -2.34. The van der Waals surface area contributed by atoms with Crippen molar-refractivity contribution in [1.82, 2.24) is 4.90 Å². The molecule has 2 aromatic carbocycles. The van der Waals surface area contributed by atoms with Crippen LogP contribution in [0.5, 0.6) is 0 Å². The number of hydrogen-bond acceptors (Lipinski definition) is 2. The number of rotatable bonds is 4. The topological polar surface area (TPSA) is 40.6 Å². The molecule has 1 aliphatic carbocycles. The Labute approximate surface area is 158 Å². The van der Waals surface area contributed by atoms with Crippen LogP contribution in [0.1, 0.15) is 29.5 Å². The first-order chi connectivity index (χ1) is 13.0. The van der Waals surface area contributed by atoms with Crippen LogP contribution in [-0.2, 0) is 29.0 Å². The molecule has 4 nitrogen and oxygen atoms in total. The number of halogens is 1. The van der Waals surface area contributed by atoms with Gasteiger partial charge in [-0.1, -0.05) is 24.3 Å². The Kier molecular flexibility index (Phi) is 4.68. The van der Waals surface area contributed by atoms with Crippen LogP contribution in [0.15, 0.2) is 42.5 Å². The summed E-state index contributed by atoms with van der Waals surface area (Å²) < 4.78 is 13.8. The van der Waals surface area contributed by atoms with E-state index in [1.807, 2.05) is 6.07 Å². The maximum Gasteiger partial charge on any atom is 0.228 e. The van der Waals surface area contributed by atoms with E-state index in [9.17, 15) is 14.0 Å². The van der Waals surface area contributed by atoms with Crippen molar-refractivity contribution >= 4 is 17.5 Å². The maximum absolute atomic E-state index is 13.8. The summed E-state index contributed by atoms with van der Waals surface area (Å²) in [5.41, 5.74) is 4.04. The third kappa shape index (κ3) is 3.46. The van der Waals surface area contributed by atoms with Gasteiger partial charge in [0, 0.05) is 37.8 Å². The lowest BCUT2D eigenvalue weighted by molar-refractivity contribution is -0.135. The van der Waals surface area contributed by atoms with Gasteiger partial charge in [0.2, 0.25) is 11.8 Å². The summed E-state index contributed by atoms with van der Waals surface area (Å²) in [5.74, 6) is -0.845. The highest BCUT2D eigenvalue weighted by molar-refractivity contribution is 6.00. The number of nitrogens with zero attached hydrogens (tertiary/aromatic N) is 2. The van der Waals surface area contributed by atoms with E-state index in [1.165, 1.54) is 22.1 Å². The molecule has 1 saturated heterocycles. The van der Waals surface area contributed by atoms with Gasteiger partial charge in [-0.3, -0.25) is 9.59 Å². The fourth-order valence-electron chi connectivity index (χ4n) is 4.12. The van der Waals surface area contributed by atoms with Crippen molar-refractivity contribution < 1.29 is 14.0 Å². The Balaban J connectivity index is 1.45. The Bertz CT molecular complexity index is 896. The minimum absolute atomic E-state index is 0.0226. The van der Waals surface area contributed by atoms with Crippen LogP contribution in [0.4, 0.5) is 10.1 Å². The lowest BCUT2D eigenvalue weighted by atomic mass is 10.1. The highest BCUT2D eigenvalue weighted by atomic mass is 19.1. The Hall–Kier alpha value is -2.69. The molecule has 2 aliphatic rings. The molecule has 2 amide bonds. The van der Waals surface area contributed by atoms with Gasteiger partial charge in [0.05, 0.1) is 5.92 Å². The molecular formula is C22H23FN2O2. The molecule has 0 bridgehead atoms. The summed E-state index contributed by atoms with van der Waals surface area (Å²) >= 11 is 0. The van der Waals surface area contributed by atoms with E-state index < -0.39 is 0 Å². The predicted molar refractivity (Wildman–Crippen MR) is 102 cm³/mol. The fraction of sp³-hybridized carbons (Fsp3) is 0.364. The minimum Gasteiger partial charge on any atom is -0.341 e. The zero-order valence-electron chi connectivity index (χ0n) is 15.5. The molecule has 1 unspecified atom stereocenters. The predicted octanol–water partition coefficient (Wildman–Crippen LogP) is 3.33. The molecule has 0 N–H and O–H groups in total. The van der Waals surface area contributed by atoms with Crippen LogP contribution in [0, 0.1) is 11.7 Å². The van der Waals surface area contributed by atoms with Gasteiger partial charge in [-0.15, -0.1) is 0 Å². The summed E-state index contributed by atoms with van der Waals surface area (Å²) in [7, 11) is 1.66. The number of benzene rings is 2. The van der Waals surface area contributed by atoms with Gasteiger partial charge in [-0.25, -0.2) is 4.39 Å². The van der Waals surface area contributed by atoms with Gasteiger partial charge in [-0.2, -0.15) is 0 Å². The van der Waals surface area contributed by atoms with Gasteiger partial charge in [0.1, 0.15) is 5.82 Å². The molecule has 1 atom stereocenters. The number of anilines is 1. The smallest absolute Gasteiger partial charge is 0.228 e. The normalized spacial score (nSPS) is 18.7. The number of carbonyl (C=O) groups is 2. The number of fused-ring (bicyclic) bond motifs is 1. The fourth-order valence-corrected chi connectivity index (χ4v) is 4.12. The van der Waals surface area contributed by atoms with Crippen molar-refractivity contribution in [3.63, 3.8) is 0 Å². The van der Waals surface area contributed by atoms with E-state index in [0.29, 0.717) is 12.1 Å². The highest BCUT2D eigenvalue weighted by Crippen LogP contribution is 2.31. The molecule has 27 heavy (non-hydrogen) atoms. The molecule has 1 fully saturated rings. The molecule has 0 saturated carbocycles. The lowest BCUT2D eigenvalue weighted by Gasteiger charge is -2.22. The molecular weight excluding hydrogens is 343 g/mol. The zero-order valence-corrected chi connectivity index (χ0v) is 15.5. The van der Waals surface area contributed by atoms with E-state index >= 15 is 0 Å². The Morgan fingerprint density at radius 2 is 1.96 bits per heavy atom. The van der Waals surface area contributed by atoms with Crippen LogP contribution in [0.3, 0.4) is 0 Å². The monoisotopic (exact) mass is 366 g/mol. The molecule has 1 heterocycles. The van der Waals surface area contributed by atoms with E-state index in [1.54, 1.807) is 30.1 Å². The molecule has 140 valence electrons. The maximum atomic E-state index is 13.8. The third-order valence-electron chi connectivity index (χ3n) is 5.61. The molecule has 4 rings (SSSR count). The van der Waals surface area contributed by atoms with Crippen molar-refractivity contribution in [2.75, 3.05) is 18.5 Å². The molecule has 2 aromatic rings. The first-order valence-corrected chi connectivity index (χ1v) is 9.43. The van der Waals surface area contributed by atoms with Gasteiger partial charge in [0.25, 0.3) is 0 Å². The van der Waals surface area contributed by atoms with E-state index in [-0.39, 0.29) is 36.5 Å². The van der Waals surface area contributed by atoms with Crippen LogP contribution >= 0.6 is 0 Å². The molecule has 1 aliphatic heterocycles. The third-order valence-corrected chi connectivity index (χ3v) is 5.61. The van der Waals surface area contributed by atoms with Crippen molar-refractivity contribution in [3.8, 4) is 0 Å². The highest BCUT2D eigenvalue weighted by Gasteiger charge is 2.36. The van der Waals surface area contributed by atoms with Crippen LogP contribution in [-0.4, -0.2) is 30.3 Å². The van der Waals surface area contributed by atoms with Crippen molar-refractivity contribution in [1.29, 1.82) is 0 Å². The number of aryl methyl sites for hydroxylation is 2. The second-order valence-electron chi connectivity index (χ2n) is 7.50. The first-order valence-electron chi connectivity index (χ1n) is 9.43. The minimum atomic E-state index is -0.387. The average molecular weight is 366 g/mol. The zero-order chi connectivity index (χ0) is 19.0. The van der Waals surface area contributed by atoms with Gasteiger partial charge in [-0.05, 0) is 48.6 Å². The Morgan fingerprint density at radius 3 is 2.78 bits per heavy atom. The average Bonchev–Trinajstić information content (AvgIpc) is 3.28. The van der Waals surface area contributed by atoms with Crippen LogP contribution < -0.4 is 4.90 Å². The van der Waals surface area contributed by atoms with Crippen LogP contribution in [0.2, 0.25) is 0 Å². The van der Waals surface area contributed by atoms with E-state index in [0.717, 1.165) is 24.9 Å². The second-order valence-corrected chi connectivity index (χ2v) is 7.50. The summed E-state index contributed by atoms with van der Waals surface area (Å²) in [6.07, 6.45) is 3.52. The summed E-state index contributed by atoms with van der Waals surface area (Å²) in [6.45, 7) is 0.590. The van der Waals surface area contributed by atoms with Gasteiger partial charge in [0.15, 0.2) is 0 Å². The molecule has 0 aromatic heterocycles. The van der Waals surface area contributed by atoms with Gasteiger partial charge >= 0.3 is 0 Å². The molecule has 5 heteroatoms. The van der Waals surface area contributed by atoms with Crippen molar-refractivity contribution in [2.24, 2.45) is 5.92 Å². The van der Waals surface area contributed by atoms with Gasteiger partial charge < -0.3 is 9.80 Å². The number of hydrogen-bond donors (Lipinski definition) is 0. The first kappa shape index (κ1) is 17.7.